The Morgan fingerprint density at radius 2 is 1.81 bits per heavy atom. The highest BCUT2D eigenvalue weighted by Gasteiger charge is 2.16. The first-order chi connectivity index (χ1) is 12.2. The second-order valence-electron chi connectivity index (χ2n) is 5.86. The topological polar surface area (TPSA) is 72.5 Å². The molecule has 0 aliphatic carbocycles. The Kier molecular flexibility index (Phi) is 6.00. The molecular weight excluding hydrogens is 350 g/mol. The smallest absolute Gasteiger partial charge is 0.250 e. The van der Waals surface area contributed by atoms with Gasteiger partial charge in [-0.2, -0.15) is 0 Å². The van der Waals surface area contributed by atoms with E-state index in [0.29, 0.717) is 11.3 Å². The number of methoxy groups -OCH3 is 1. The van der Waals surface area contributed by atoms with E-state index in [1.165, 1.54) is 19.2 Å². The third-order valence-corrected chi connectivity index (χ3v) is 5.11. The molecule has 0 aliphatic rings. The van der Waals surface area contributed by atoms with E-state index in [0.717, 1.165) is 11.0 Å². The Morgan fingerprint density at radius 1 is 1.15 bits per heavy atom. The first-order valence-electron chi connectivity index (χ1n) is 7.87. The average molecular weight is 371 g/mol. The van der Waals surface area contributed by atoms with Gasteiger partial charge < -0.3 is 10.1 Å². The molecule has 136 valence electrons. The molecule has 2 aromatic carbocycles. The summed E-state index contributed by atoms with van der Waals surface area (Å²) >= 11 is 0. The second kappa shape index (κ2) is 8.01. The van der Waals surface area contributed by atoms with Crippen molar-refractivity contribution in [2.75, 3.05) is 7.11 Å². The number of carbonyl (C=O) groups is 1. The Hall–Kier alpha value is -2.86. The van der Waals surface area contributed by atoms with Gasteiger partial charge in [-0.3, -0.25) is 4.79 Å². The molecule has 0 atom stereocenters. The SMILES string of the molecule is C=C(C)C(=O)N/C(=C\S(=O)(=O)c1ccc(C)cc1)c1cccc(OC)c1. The molecule has 2 rings (SSSR count). The van der Waals surface area contributed by atoms with Crippen molar-refractivity contribution in [1.29, 1.82) is 0 Å². The van der Waals surface area contributed by atoms with Crippen molar-refractivity contribution in [3.8, 4) is 5.75 Å². The number of nitrogens with one attached hydrogen (secondary N) is 1. The summed E-state index contributed by atoms with van der Waals surface area (Å²) in [5, 5.41) is 3.66. The molecule has 0 radical (unpaired) electrons. The fourth-order valence-electron chi connectivity index (χ4n) is 2.14. The van der Waals surface area contributed by atoms with Crippen LogP contribution in [-0.2, 0) is 14.6 Å². The molecule has 6 heteroatoms. The van der Waals surface area contributed by atoms with Crippen LogP contribution in [0.3, 0.4) is 0 Å². The standard InChI is InChI=1S/C20H21NO4S/c1-14(2)20(22)21-19(16-6-5-7-17(12-16)25-4)13-26(23,24)18-10-8-15(3)9-11-18/h5-13H,1H2,2-4H3,(H,21,22)/b19-13-. The van der Waals surface area contributed by atoms with Crippen LogP contribution in [0.2, 0.25) is 0 Å². The molecule has 0 spiro atoms. The summed E-state index contributed by atoms with van der Waals surface area (Å²) in [6.07, 6.45) is 0. The van der Waals surface area contributed by atoms with Crippen LogP contribution in [-0.4, -0.2) is 21.4 Å². The molecular formula is C20H21NO4S. The van der Waals surface area contributed by atoms with Gasteiger partial charge in [-0.05, 0) is 38.1 Å². The minimum Gasteiger partial charge on any atom is -0.497 e. The van der Waals surface area contributed by atoms with E-state index in [4.69, 9.17) is 4.74 Å². The van der Waals surface area contributed by atoms with Crippen LogP contribution in [0.5, 0.6) is 5.75 Å². The minimum atomic E-state index is -3.76. The van der Waals surface area contributed by atoms with Gasteiger partial charge in [0.2, 0.25) is 9.84 Å². The van der Waals surface area contributed by atoms with Crippen molar-refractivity contribution in [2.24, 2.45) is 0 Å². The van der Waals surface area contributed by atoms with Crippen LogP contribution in [0.4, 0.5) is 0 Å². The summed E-state index contributed by atoms with van der Waals surface area (Å²) in [6, 6.07) is 13.3. The Bertz CT molecular complexity index is 958. The molecule has 0 bridgehead atoms. The van der Waals surface area contributed by atoms with Gasteiger partial charge in [0.25, 0.3) is 5.91 Å². The van der Waals surface area contributed by atoms with Crippen molar-refractivity contribution in [2.45, 2.75) is 18.7 Å². The number of hydrogen-bond acceptors (Lipinski definition) is 4. The lowest BCUT2D eigenvalue weighted by Crippen LogP contribution is -2.23. The van der Waals surface area contributed by atoms with Crippen LogP contribution < -0.4 is 10.1 Å². The third kappa shape index (κ3) is 4.83. The number of rotatable bonds is 6. The van der Waals surface area contributed by atoms with Crippen LogP contribution in [0, 0.1) is 6.92 Å². The first-order valence-corrected chi connectivity index (χ1v) is 9.42. The van der Waals surface area contributed by atoms with Crippen molar-refractivity contribution >= 4 is 21.4 Å². The second-order valence-corrected chi connectivity index (χ2v) is 7.65. The summed E-state index contributed by atoms with van der Waals surface area (Å²) in [5.74, 6) is 0.0869. The van der Waals surface area contributed by atoms with Gasteiger partial charge in [-0.1, -0.05) is 36.4 Å². The monoisotopic (exact) mass is 371 g/mol. The lowest BCUT2D eigenvalue weighted by Gasteiger charge is -2.12. The highest BCUT2D eigenvalue weighted by atomic mass is 32.2. The quantitative estimate of drug-likeness (QED) is 0.789. The fraction of sp³-hybridized carbons (Fsp3) is 0.150. The highest BCUT2D eigenvalue weighted by Crippen LogP contribution is 2.22. The maximum absolute atomic E-state index is 12.8. The van der Waals surface area contributed by atoms with Gasteiger partial charge in [0.15, 0.2) is 0 Å². The van der Waals surface area contributed by atoms with Crippen molar-refractivity contribution < 1.29 is 17.9 Å². The van der Waals surface area contributed by atoms with E-state index in [9.17, 15) is 13.2 Å². The van der Waals surface area contributed by atoms with Crippen LogP contribution >= 0.6 is 0 Å². The highest BCUT2D eigenvalue weighted by molar-refractivity contribution is 7.94. The number of ether oxygens (including phenoxy) is 1. The number of hydrogen-bond donors (Lipinski definition) is 1. The van der Waals surface area contributed by atoms with E-state index >= 15 is 0 Å². The molecule has 0 fully saturated rings. The zero-order valence-corrected chi connectivity index (χ0v) is 15.8. The Balaban J connectivity index is 2.54. The molecule has 1 N–H and O–H groups in total. The summed E-state index contributed by atoms with van der Waals surface area (Å²) < 4.78 is 30.7. The molecule has 5 nitrogen and oxygen atoms in total. The van der Waals surface area contributed by atoms with Crippen molar-refractivity contribution in [3.05, 3.63) is 77.2 Å². The Morgan fingerprint density at radius 3 is 2.38 bits per heavy atom. The molecule has 0 aromatic heterocycles. The van der Waals surface area contributed by atoms with E-state index in [-0.39, 0.29) is 16.2 Å². The summed E-state index contributed by atoms with van der Waals surface area (Å²) in [5.41, 5.74) is 1.88. The van der Waals surface area contributed by atoms with E-state index < -0.39 is 15.7 Å². The van der Waals surface area contributed by atoms with Crippen LogP contribution in [0.15, 0.2) is 71.0 Å². The largest absolute Gasteiger partial charge is 0.497 e. The predicted octanol–water partition coefficient (Wildman–Crippen LogP) is 3.47. The maximum Gasteiger partial charge on any atom is 0.250 e. The summed E-state index contributed by atoms with van der Waals surface area (Å²) in [6.45, 7) is 7.01. The number of carbonyl (C=O) groups excluding carboxylic acids is 1. The molecule has 0 aliphatic heterocycles. The van der Waals surface area contributed by atoms with Crippen molar-refractivity contribution in [3.63, 3.8) is 0 Å². The van der Waals surface area contributed by atoms with E-state index in [2.05, 4.69) is 11.9 Å². The fourth-order valence-corrected chi connectivity index (χ4v) is 3.30. The molecule has 26 heavy (non-hydrogen) atoms. The number of sulfone groups is 1. The van der Waals surface area contributed by atoms with Gasteiger partial charge in [-0.15, -0.1) is 0 Å². The first kappa shape index (κ1) is 19.5. The molecule has 0 heterocycles. The van der Waals surface area contributed by atoms with Crippen molar-refractivity contribution in [1.82, 2.24) is 5.32 Å². The normalized spacial score (nSPS) is 11.7. The molecule has 0 saturated heterocycles. The van der Waals surface area contributed by atoms with E-state index in [1.807, 2.05) is 6.92 Å². The number of aryl methyl sites for hydroxylation is 1. The maximum atomic E-state index is 12.8. The molecule has 0 unspecified atom stereocenters. The molecule has 1 amide bonds. The number of benzene rings is 2. The van der Waals surface area contributed by atoms with Crippen LogP contribution in [0.1, 0.15) is 18.1 Å². The summed E-state index contributed by atoms with van der Waals surface area (Å²) in [4.78, 5) is 12.2. The lowest BCUT2D eigenvalue weighted by atomic mass is 10.1. The molecule has 0 saturated carbocycles. The zero-order chi connectivity index (χ0) is 19.3. The zero-order valence-electron chi connectivity index (χ0n) is 14.9. The van der Waals surface area contributed by atoms with E-state index in [1.54, 1.807) is 43.3 Å². The Labute approximate surface area is 153 Å². The lowest BCUT2D eigenvalue weighted by molar-refractivity contribution is -0.116. The van der Waals surface area contributed by atoms with Gasteiger partial charge in [0.05, 0.1) is 23.1 Å². The molecule has 2 aromatic rings. The van der Waals surface area contributed by atoms with Gasteiger partial charge >= 0.3 is 0 Å². The van der Waals surface area contributed by atoms with Gasteiger partial charge in [-0.25, -0.2) is 8.42 Å². The third-order valence-electron chi connectivity index (χ3n) is 3.64. The van der Waals surface area contributed by atoms with Crippen LogP contribution in [0.25, 0.3) is 5.70 Å². The predicted molar refractivity (Wildman–Crippen MR) is 102 cm³/mol. The minimum absolute atomic E-state index is 0.146. The van der Waals surface area contributed by atoms with Gasteiger partial charge in [0, 0.05) is 11.1 Å². The number of amides is 1. The van der Waals surface area contributed by atoms with Gasteiger partial charge in [0.1, 0.15) is 5.75 Å². The average Bonchev–Trinajstić information content (AvgIpc) is 2.61. The summed E-state index contributed by atoms with van der Waals surface area (Å²) in [7, 11) is -2.25.